The first-order valence-electron chi connectivity index (χ1n) is 7.62. The summed E-state index contributed by atoms with van der Waals surface area (Å²) >= 11 is 0. The predicted octanol–water partition coefficient (Wildman–Crippen LogP) is 3.48. The van der Waals surface area contributed by atoms with E-state index >= 15 is 0 Å². The van der Waals surface area contributed by atoms with Crippen molar-refractivity contribution in [3.8, 4) is 28.5 Å². The Bertz CT molecular complexity index is 857. The summed E-state index contributed by atoms with van der Waals surface area (Å²) in [4.78, 5) is 8.48. The molecule has 0 atom stereocenters. The molecule has 1 aliphatic carbocycles. The summed E-state index contributed by atoms with van der Waals surface area (Å²) in [5.41, 5.74) is 12.8. The Morgan fingerprint density at radius 1 is 1.09 bits per heavy atom. The van der Waals surface area contributed by atoms with E-state index in [0.29, 0.717) is 11.8 Å². The number of oxazole rings is 1. The number of ether oxygens (including phenoxy) is 1. The maximum Gasteiger partial charge on any atom is 0.226 e. The molecule has 4 rings (SSSR count). The molecule has 0 amide bonds. The molecule has 0 fully saturated rings. The molecular weight excluding hydrogens is 290 g/mol. The van der Waals surface area contributed by atoms with Gasteiger partial charge in [0.05, 0.1) is 13.3 Å². The van der Waals surface area contributed by atoms with Crippen LogP contribution in [0.4, 0.5) is 5.69 Å². The summed E-state index contributed by atoms with van der Waals surface area (Å²) in [6, 6.07) is 5.90. The molecule has 0 unspecified atom stereocenters. The van der Waals surface area contributed by atoms with Crippen LogP contribution in [0.2, 0.25) is 0 Å². The molecule has 5 nitrogen and oxygen atoms in total. The SMILES string of the molecule is COc1cc(-c2cc(-c3ncco3)c3c(c2N)CCC3)ccn1. The van der Waals surface area contributed by atoms with E-state index in [9.17, 15) is 0 Å². The van der Waals surface area contributed by atoms with Crippen molar-refractivity contribution >= 4 is 5.69 Å². The number of nitrogens with two attached hydrogens (primary N) is 1. The lowest BCUT2D eigenvalue weighted by atomic mass is 9.93. The van der Waals surface area contributed by atoms with E-state index in [2.05, 4.69) is 16.0 Å². The van der Waals surface area contributed by atoms with E-state index in [1.807, 2.05) is 12.1 Å². The predicted molar refractivity (Wildman–Crippen MR) is 88.2 cm³/mol. The van der Waals surface area contributed by atoms with Crippen LogP contribution in [0.25, 0.3) is 22.6 Å². The van der Waals surface area contributed by atoms with Crippen LogP contribution in [0.15, 0.2) is 41.3 Å². The lowest BCUT2D eigenvalue weighted by molar-refractivity contribution is 0.398. The molecule has 2 aromatic heterocycles. The van der Waals surface area contributed by atoms with Gasteiger partial charge >= 0.3 is 0 Å². The maximum atomic E-state index is 6.47. The average Bonchev–Trinajstić information content (AvgIpc) is 3.27. The van der Waals surface area contributed by atoms with E-state index in [0.717, 1.165) is 41.6 Å². The summed E-state index contributed by atoms with van der Waals surface area (Å²) in [5.74, 6) is 1.21. The van der Waals surface area contributed by atoms with E-state index in [1.165, 1.54) is 11.1 Å². The fourth-order valence-electron chi connectivity index (χ4n) is 3.28. The Kier molecular flexibility index (Phi) is 3.26. The number of benzene rings is 1. The molecule has 2 heterocycles. The van der Waals surface area contributed by atoms with Gasteiger partial charge in [-0.05, 0) is 48.1 Å². The largest absolute Gasteiger partial charge is 0.481 e. The zero-order valence-electron chi connectivity index (χ0n) is 12.9. The Hall–Kier alpha value is -2.82. The van der Waals surface area contributed by atoms with Gasteiger partial charge in [-0.15, -0.1) is 0 Å². The summed E-state index contributed by atoms with van der Waals surface area (Å²) in [6.07, 6.45) is 8.11. The highest BCUT2D eigenvalue weighted by molar-refractivity contribution is 5.85. The number of methoxy groups -OCH3 is 1. The Morgan fingerprint density at radius 2 is 1.96 bits per heavy atom. The van der Waals surface area contributed by atoms with Crippen LogP contribution in [0, 0.1) is 0 Å². The smallest absolute Gasteiger partial charge is 0.226 e. The van der Waals surface area contributed by atoms with Crippen LogP contribution in [-0.4, -0.2) is 17.1 Å². The highest BCUT2D eigenvalue weighted by Gasteiger charge is 2.23. The van der Waals surface area contributed by atoms with E-state index in [-0.39, 0.29) is 0 Å². The highest BCUT2D eigenvalue weighted by Crippen LogP contribution is 2.41. The van der Waals surface area contributed by atoms with Gasteiger partial charge in [0, 0.05) is 29.1 Å². The van der Waals surface area contributed by atoms with Gasteiger partial charge in [-0.1, -0.05) is 0 Å². The molecule has 1 aliphatic rings. The number of hydrogen-bond donors (Lipinski definition) is 1. The number of hydrogen-bond acceptors (Lipinski definition) is 5. The van der Waals surface area contributed by atoms with Gasteiger partial charge in [0.2, 0.25) is 11.8 Å². The molecule has 5 heteroatoms. The van der Waals surface area contributed by atoms with Crippen LogP contribution >= 0.6 is 0 Å². The Morgan fingerprint density at radius 3 is 2.74 bits per heavy atom. The molecule has 116 valence electrons. The number of rotatable bonds is 3. The first-order valence-corrected chi connectivity index (χ1v) is 7.62. The summed E-state index contributed by atoms with van der Waals surface area (Å²) in [7, 11) is 1.61. The molecule has 2 N–H and O–H groups in total. The van der Waals surface area contributed by atoms with E-state index in [1.54, 1.807) is 25.8 Å². The molecule has 0 aliphatic heterocycles. The topological polar surface area (TPSA) is 74.2 Å². The molecule has 0 bridgehead atoms. The highest BCUT2D eigenvalue weighted by atomic mass is 16.5. The van der Waals surface area contributed by atoms with E-state index in [4.69, 9.17) is 14.9 Å². The Labute approximate surface area is 134 Å². The van der Waals surface area contributed by atoms with Crippen molar-refractivity contribution < 1.29 is 9.15 Å². The normalized spacial score (nSPS) is 13.1. The monoisotopic (exact) mass is 307 g/mol. The zero-order valence-corrected chi connectivity index (χ0v) is 12.9. The van der Waals surface area contributed by atoms with Crippen LogP contribution < -0.4 is 10.5 Å². The van der Waals surface area contributed by atoms with Crippen LogP contribution in [0.3, 0.4) is 0 Å². The van der Waals surface area contributed by atoms with Crippen LogP contribution in [-0.2, 0) is 12.8 Å². The molecular formula is C18H17N3O2. The third-order valence-corrected chi connectivity index (χ3v) is 4.36. The minimum Gasteiger partial charge on any atom is -0.481 e. The minimum atomic E-state index is 0.570. The number of pyridine rings is 1. The average molecular weight is 307 g/mol. The van der Waals surface area contributed by atoms with Gasteiger partial charge in [-0.25, -0.2) is 9.97 Å². The summed E-state index contributed by atoms with van der Waals surface area (Å²) in [5, 5.41) is 0. The van der Waals surface area contributed by atoms with Gasteiger partial charge in [0.15, 0.2) is 0 Å². The van der Waals surface area contributed by atoms with Crippen molar-refractivity contribution in [3.63, 3.8) is 0 Å². The van der Waals surface area contributed by atoms with Gasteiger partial charge < -0.3 is 14.9 Å². The van der Waals surface area contributed by atoms with Gasteiger partial charge in [0.25, 0.3) is 0 Å². The number of nitrogen functional groups attached to an aromatic ring is 1. The second-order valence-electron chi connectivity index (χ2n) is 5.62. The van der Waals surface area contributed by atoms with Gasteiger partial charge in [0.1, 0.15) is 6.26 Å². The maximum absolute atomic E-state index is 6.47. The van der Waals surface area contributed by atoms with Crippen molar-refractivity contribution in [2.24, 2.45) is 0 Å². The third kappa shape index (κ3) is 2.25. The van der Waals surface area contributed by atoms with Crippen molar-refractivity contribution in [3.05, 3.63) is 48.0 Å². The van der Waals surface area contributed by atoms with Crippen LogP contribution in [0.5, 0.6) is 5.88 Å². The first-order chi connectivity index (χ1) is 11.3. The zero-order chi connectivity index (χ0) is 15.8. The number of aromatic nitrogens is 2. The summed E-state index contributed by atoms with van der Waals surface area (Å²) in [6.45, 7) is 0. The minimum absolute atomic E-state index is 0.570. The second-order valence-corrected chi connectivity index (χ2v) is 5.62. The van der Waals surface area contributed by atoms with E-state index < -0.39 is 0 Å². The number of anilines is 1. The van der Waals surface area contributed by atoms with Gasteiger partial charge in [-0.2, -0.15) is 0 Å². The molecule has 0 saturated heterocycles. The van der Waals surface area contributed by atoms with Gasteiger partial charge in [-0.3, -0.25) is 0 Å². The first kappa shape index (κ1) is 13.8. The second kappa shape index (κ2) is 5.43. The van der Waals surface area contributed by atoms with Crippen molar-refractivity contribution in [2.45, 2.75) is 19.3 Å². The molecule has 0 spiro atoms. The molecule has 0 saturated carbocycles. The quantitative estimate of drug-likeness (QED) is 0.750. The third-order valence-electron chi connectivity index (χ3n) is 4.36. The lowest BCUT2D eigenvalue weighted by Crippen LogP contribution is -2.00. The van der Waals surface area contributed by atoms with Crippen LogP contribution in [0.1, 0.15) is 17.5 Å². The number of nitrogens with zero attached hydrogens (tertiary/aromatic N) is 2. The Balaban J connectivity index is 1.95. The number of fused-ring (bicyclic) bond motifs is 1. The molecule has 23 heavy (non-hydrogen) atoms. The summed E-state index contributed by atoms with van der Waals surface area (Å²) < 4.78 is 10.8. The molecule has 1 aromatic carbocycles. The lowest BCUT2D eigenvalue weighted by Gasteiger charge is -2.15. The molecule has 0 radical (unpaired) electrons. The van der Waals surface area contributed by atoms with Crippen molar-refractivity contribution in [1.82, 2.24) is 9.97 Å². The standard InChI is InChI=1S/C18H17N3O2/c1-22-16-9-11(5-6-20-16)14-10-15(18-21-7-8-23-18)12-3-2-4-13(12)17(14)19/h5-10H,2-4,19H2,1H3. The van der Waals surface area contributed by atoms with Crippen molar-refractivity contribution in [1.29, 1.82) is 0 Å². The fourth-order valence-corrected chi connectivity index (χ4v) is 3.28. The fraction of sp³-hybridized carbons (Fsp3) is 0.222. The molecule has 3 aromatic rings. The van der Waals surface area contributed by atoms with Crippen molar-refractivity contribution in [2.75, 3.05) is 12.8 Å².